The minimum Gasteiger partial charge on any atom is -0.344 e. The molecule has 1 aliphatic heterocycles. The van der Waals surface area contributed by atoms with Crippen LogP contribution in [-0.4, -0.2) is 53.8 Å². The van der Waals surface area contributed by atoms with E-state index in [1.807, 2.05) is 18.9 Å². The van der Waals surface area contributed by atoms with E-state index in [1.165, 1.54) is 25.9 Å². The zero-order valence-corrected chi connectivity index (χ0v) is 11.3. The fourth-order valence-electron chi connectivity index (χ4n) is 1.82. The van der Waals surface area contributed by atoms with E-state index in [2.05, 4.69) is 20.8 Å². The van der Waals surface area contributed by atoms with Crippen LogP contribution in [0.15, 0.2) is 0 Å². The standard InChI is InChI=1S/C11H21BrN2O/c1-3-10(12)11(15)13(2)8-9-14-6-4-5-7-14/h10H,3-9H2,1-2H3. The molecule has 0 spiro atoms. The molecule has 88 valence electrons. The Labute approximate surface area is 101 Å². The van der Waals surface area contributed by atoms with Gasteiger partial charge in [0.1, 0.15) is 0 Å². The third kappa shape index (κ3) is 4.11. The molecule has 1 fully saturated rings. The normalized spacial score (nSPS) is 19.1. The number of carbonyl (C=O) groups is 1. The van der Waals surface area contributed by atoms with Crippen molar-refractivity contribution in [3.05, 3.63) is 0 Å². The first-order valence-corrected chi connectivity index (χ1v) is 6.68. The van der Waals surface area contributed by atoms with Crippen molar-refractivity contribution in [1.29, 1.82) is 0 Å². The predicted molar refractivity (Wildman–Crippen MR) is 66.3 cm³/mol. The van der Waals surface area contributed by atoms with Crippen LogP contribution in [0.25, 0.3) is 0 Å². The molecule has 1 unspecified atom stereocenters. The van der Waals surface area contributed by atoms with E-state index < -0.39 is 0 Å². The lowest BCUT2D eigenvalue weighted by atomic mass is 10.3. The number of likely N-dealkylation sites (tertiary alicyclic amines) is 1. The van der Waals surface area contributed by atoms with Gasteiger partial charge in [0.15, 0.2) is 0 Å². The van der Waals surface area contributed by atoms with Gasteiger partial charge in [-0.15, -0.1) is 0 Å². The van der Waals surface area contributed by atoms with E-state index in [0.717, 1.165) is 19.5 Å². The zero-order chi connectivity index (χ0) is 11.3. The van der Waals surface area contributed by atoms with Crippen molar-refractivity contribution in [3.8, 4) is 0 Å². The highest BCUT2D eigenvalue weighted by Crippen LogP contribution is 2.09. The first-order chi connectivity index (χ1) is 7.15. The number of likely N-dealkylation sites (N-methyl/N-ethyl adjacent to an activating group) is 1. The summed E-state index contributed by atoms with van der Waals surface area (Å²) >= 11 is 3.39. The maximum absolute atomic E-state index is 11.7. The summed E-state index contributed by atoms with van der Waals surface area (Å²) in [6.45, 7) is 6.29. The lowest BCUT2D eigenvalue weighted by Gasteiger charge is -2.23. The maximum Gasteiger partial charge on any atom is 0.236 e. The van der Waals surface area contributed by atoms with Crippen molar-refractivity contribution in [2.75, 3.05) is 33.2 Å². The Hall–Kier alpha value is -0.0900. The van der Waals surface area contributed by atoms with Gasteiger partial charge in [-0.25, -0.2) is 0 Å². The largest absolute Gasteiger partial charge is 0.344 e. The average Bonchev–Trinajstić information content (AvgIpc) is 2.76. The minimum absolute atomic E-state index is 0.0129. The number of alkyl halides is 1. The van der Waals surface area contributed by atoms with Gasteiger partial charge in [0, 0.05) is 20.1 Å². The third-order valence-electron chi connectivity index (χ3n) is 2.95. The summed E-state index contributed by atoms with van der Waals surface area (Å²) < 4.78 is 0. The van der Waals surface area contributed by atoms with Crippen LogP contribution >= 0.6 is 15.9 Å². The number of amides is 1. The number of nitrogens with zero attached hydrogens (tertiary/aromatic N) is 2. The minimum atomic E-state index is -0.0129. The highest BCUT2D eigenvalue weighted by molar-refractivity contribution is 9.10. The van der Waals surface area contributed by atoms with Gasteiger partial charge in [0.05, 0.1) is 4.83 Å². The van der Waals surface area contributed by atoms with Crippen molar-refractivity contribution in [3.63, 3.8) is 0 Å². The summed E-state index contributed by atoms with van der Waals surface area (Å²) in [4.78, 5) is 16.0. The quantitative estimate of drug-likeness (QED) is 0.714. The first kappa shape index (κ1) is 13.0. The van der Waals surface area contributed by atoms with Crippen molar-refractivity contribution in [1.82, 2.24) is 9.80 Å². The number of rotatable bonds is 5. The molecular weight excluding hydrogens is 256 g/mol. The average molecular weight is 277 g/mol. The molecule has 3 nitrogen and oxygen atoms in total. The summed E-state index contributed by atoms with van der Waals surface area (Å²) in [6, 6.07) is 0. The molecule has 1 rings (SSSR count). The molecule has 1 aliphatic rings. The van der Waals surface area contributed by atoms with Gasteiger partial charge in [-0.3, -0.25) is 4.79 Å². The summed E-state index contributed by atoms with van der Waals surface area (Å²) in [7, 11) is 1.89. The molecule has 0 bridgehead atoms. The van der Waals surface area contributed by atoms with Crippen molar-refractivity contribution in [2.24, 2.45) is 0 Å². The first-order valence-electron chi connectivity index (χ1n) is 5.76. The molecule has 1 atom stereocenters. The third-order valence-corrected chi connectivity index (χ3v) is 3.99. The fourth-order valence-corrected chi connectivity index (χ4v) is 2.17. The van der Waals surface area contributed by atoms with Crippen LogP contribution < -0.4 is 0 Å². The number of hydrogen-bond donors (Lipinski definition) is 0. The monoisotopic (exact) mass is 276 g/mol. The Kier molecular flexibility index (Phi) is 5.61. The van der Waals surface area contributed by atoms with Crippen LogP contribution in [0.4, 0.5) is 0 Å². The zero-order valence-electron chi connectivity index (χ0n) is 9.71. The molecule has 0 aromatic rings. The lowest BCUT2D eigenvalue weighted by Crippen LogP contribution is -2.38. The second-order valence-corrected chi connectivity index (χ2v) is 5.29. The van der Waals surface area contributed by atoms with Crippen LogP contribution in [0, 0.1) is 0 Å². The molecule has 1 heterocycles. The molecule has 0 aliphatic carbocycles. The molecule has 4 heteroatoms. The highest BCUT2D eigenvalue weighted by Gasteiger charge is 2.18. The smallest absolute Gasteiger partial charge is 0.236 e. The van der Waals surface area contributed by atoms with Gasteiger partial charge >= 0.3 is 0 Å². The van der Waals surface area contributed by atoms with Crippen molar-refractivity contribution < 1.29 is 4.79 Å². The second-order valence-electron chi connectivity index (χ2n) is 4.18. The highest BCUT2D eigenvalue weighted by atomic mass is 79.9. The second kappa shape index (κ2) is 6.48. The van der Waals surface area contributed by atoms with Gasteiger partial charge in [0.2, 0.25) is 5.91 Å². The van der Waals surface area contributed by atoms with Crippen molar-refractivity contribution in [2.45, 2.75) is 31.0 Å². The Morgan fingerprint density at radius 2 is 2.07 bits per heavy atom. The topological polar surface area (TPSA) is 23.6 Å². The Balaban J connectivity index is 2.22. The van der Waals surface area contributed by atoms with Gasteiger partial charge in [-0.2, -0.15) is 0 Å². The number of halogens is 1. The van der Waals surface area contributed by atoms with Gasteiger partial charge in [0.25, 0.3) is 0 Å². The van der Waals surface area contributed by atoms with E-state index in [9.17, 15) is 4.79 Å². The Morgan fingerprint density at radius 1 is 1.47 bits per heavy atom. The van der Waals surface area contributed by atoms with Gasteiger partial charge in [-0.1, -0.05) is 22.9 Å². The molecule has 1 saturated heterocycles. The van der Waals surface area contributed by atoms with Gasteiger partial charge < -0.3 is 9.80 Å². The van der Waals surface area contributed by atoms with Crippen LogP contribution in [-0.2, 0) is 4.79 Å². The van der Waals surface area contributed by atoms with Crippen molar-refractivity contribution >= 4 is 21.8 Å². The molecule has 0 N–H and O–H groups in total. The molecule has 15 heavy (non-hydrogen) atoms. The SMILES string of the molecule is CCC(Br)C(=O)N(C)CCN1CCCC1. The summed E-state index contributed by atoms with van der Waals surface area (Å²) in [6.07, 6.45) is 3.48. The van der Waals surface area contributed by atoms with E-state index in [0.29, 0.717) is 0 Å². The number of hydrogen-bond acceptors (Lipinski definition) is 2. The Bertz CT molecular complexity index is 205. The van der Waals surface area contributed by atoms with Gasteiger partial charge in [-0.05, 0) is 32.4 Å². The molecule has 0 radical (unpaired) electrons. The molecule has 0 aromatic heterocycles. The maximum atomic E-state index is 11.7. The van der Waals surface area contributed by atoms with E-state index in [4.69, 9.17) is 0 Å². The summed E-state index contributed by atoms with van der Waals surface area (Å²) in [5, 5.41) is 0. The number of carbonyl (C=O) groups excluding carboxylic acids is 1. The van der Waals surface area contributed by atoms with E-state index in [-0.39, 0.29) is 10.7 Å². The van der Waals surface area contributed by atoms with Crippen LogP contribution in [0.3, 0.4) is 0 Å². The van der Waals surface area contributed by atoms with Crippen LogP contribution in [0.2, 0.25) is 0 Å². The molecule has 1 amide bonds. The summed E-state index contributed by atoms with van der Waals surface area (Å²) in [5.41, 5.74) is 0. The Morgan fingerprint density at radius 3 is 2.60 bits per heavy atom. The molecule has 0 saturated carbocycles. The lowest BCUT2D eigenvalue weighted by molar-refractivity contribution is -0.129. The fraction of sp³-hybridized carbons (Fsp3) is 0.909. The van der Waals surface area contributed by atoms with Crippen LogP contribution in [0.1, 0.15) is 26.2 Å². The molecule has 0 aromatic carbocycles. The van der Waals surface area contributed by atoms with Crippen LogP contribution in [0.5, 0.6) is 0 Å². The van der Waals surface area contributed by atoms with E-state index in [1.54, 1.807) is 0 Å². The van der Waals surface area contributed by atoms with E-state index >= 15 is 0 Å². The predicted octanol–water partition coefficient (Wildman–Crippen LogP) is 1.71. The summed E-state index contributed by atoms with van der Waals surface area (Å²) in [5.74, 6) is 0.205. The molecular formula is C11H21BrN2O.